The van der Waals surface area contributed by atoms with Crippen molar-refractivity contribution in [3.8, 4) is 0 Å². The molecular formula is C11H19N3O3. The molecule has 5 N–H and O–H groups in total. The minimum atomic E-state index is -1.13. The van der Waals surface area contributed by atoms with Crippen molar-refractivity contribution < 1.29 is 15.3 Å². The number of rotatable bonds is 7. The number of nitrogens with one attached hydrogen (secondary N) is 2. The Morgan fingerprint density at radius 3 is 2.24 bits per heavy atom. The van der Waals surface area contributed by atoms with E-state index in [4.69, 9.17) is 0 Å². The molecule has 0 amide bonds. The van der Waals surface area contributed by atoms with Crippen LogP contribution in [-0.2, 0) is 0 Å². The Balaban J connectivity index is 2.82. The first-order chi connectivity index (χ1) is 8.19. The van der Waals surface area contributed by atoms with Gasteiger partial charge in [-0.1, -0.05) is 0 Å². The second kappa shape index (κ2) is 6.39. The van der Waals surface area contributed by atoms with Gasteiger partial charge in [-0.25, -0.2) is 0 Å². The van der Waals surface area contributed by atoms with Crippen LogP contribution < -0.4 is 10.6 Å². The van der Waals surface area contributed by atoms with Crippen molar-refractivity contribution in [2.45, 2.75) is 12.5 Å². The minimum Gasteiger partial charge on any atom is -0.394 e. The second-order valence-electron chi connectivity index (χ2n) is 3.87. The number of aliphatic hydroxyl groups is 3. The first-order valence-electron chi connectivity index (χ1n) is 5.49. The van der Waals surface area contributed by atoms with Gasteiger partial charge in [0.1, 0.15) is 5.54 Å². The molecule has 0 atom stereocenters. The third kappa shape index (κ3) is 3.55. The Hall–Kier alpha value is -1.37. The number of hydrogen-bond donors (Lipinski definition) is 5. The van der Waals surface area contributed by atoms with Crippen LogP contribution in [0.5, 0.6) is 0 Å². The first kappa shape index (κ1) is 13.7. The van der Waals surface area contributed by atoms with Gasteiger partial charge in [0.15, 0.2) is 0 Å². The summed E-state index contributed by atoms with van der Waals surface area (Å²) in [5, 5.41) is 33.6. The number of aliphatic hydroxyl groups excluding tert-OH is 3. The van der Waals surface area contributed by atoms with E-state index in [2.05, 4.69) is 15.6 Å². The number of anilines is 2. The van der Waals surface area contributed by atoms with Crippen LogP contribution in [0.15, 0.2) is 18.5 Å². The van der Waals surface area contributed by atoms with Gasteiger partial charge in [-0.05, 0) is 13.0 Å². The zero-order chi connectivity index (χ0) is 12.7. The molecule has 6 heteroatoms. The fraction of sp³-hybridized carbons (Fsp3) is 0.545. The zero-order valence-electron chi connectivity index (χ0n) is 9.85. The quantitative estimate of drug-likeness (QED) is 0.447. The predicted molar refractivity (Wildman–Crippen MR) is 66.0 cm³/mol. The molecule has 0 aromatic carbocycles. The van der Waals surface area contributed by atoms with Crippen LogP contribution in [0, 0.1) is 0 Å². The Morgan fingerprint density at radius 2 is 1.71 bits per heavy atom. The summed E-state index contributed by atoms with van der Waals surface area (Å²) in [5.41, 5.74) is 0.327. The van der Waals surface area contributed by atoms with E-state index in [1.54, 1.807) is 18.5 Å². The van der Waals surface area contributed by atoms with Crippen LogP contribution in [0.3, 0.4) is 0 Å². The third-order valence-corrected chi connectivity index (χ3v) is 2.44. The summed E-state index contributed by atoms with van der Waals surface area (Å²) in [6.45, 7) is 1.64. The summed E-state index contributed by atoms with van der Waals surface area (Å²) in [5.74, 6) is 0. The molecule has 0 aliphatic carbocycles. The number of aromatic nitrogens is 1. The lowest BCUT2D eigenvalue weighted by molar-refractivity contribution is 0.0833. The standard InChI is InChI=1S/C11H19N3O3/c1-2-13-9-3-10(5-12-4-9)14-11(6-15,7-16)8-17/h3-5,13-17H,2,6-8H2,1H3. The van der Waals surface area contributed by atoms with E-state index in [1.807, 2.05) is 6.92 Å². The molecule has 1 aromatic rings. The molecule has 1 heterocycles. The molecule has 0 bridgehead atoms. The molecule has 6 nitrogen and oxygen atoms in total. The average Bonchev–Trinajstić information content (AvgIpc) is 2.37. The molecule has 0 radical (unpaired) electrons. The van der Waals surface area contributed by atoms with E-state index in [0.29, 0.717) is 5.69 Å². The molecule has 0 aliphatic rings. The van der Waals surface area contributed by atoms with Crippen molar-refractivity contribution >= 4 is 11.4 Å². The van der Waals surface area contributed by atoms with Crippen LogP contribution in [-0.4, -0.2) is 52.2 Å². The molecule has 0 spiro atoms. The molecule has 0 aliphatic heterocycles. The predicted octanol–water partition coefficient (Wildman–Crippen LogP) is -0.359. The van der Waals surface area contributed by atoms with E-state index < -0.39 is 5.54 Å². The van der Waals surface area contributed by atoms with Gasteiger partial charge in [0.05, 0.1) is 43.6 Å². The lowest BCUT2D eigenvalue weighted by Gasteiger charge is -2.29. The van der Waals surface area contributed by atoms with Crippen molar-refractivity contribution in [1.82, 2.24) is 4.98 Å². The SMILES string of the molecule is CCNc1cncc(NC(CO)(CO)CO)c1. The van der Waals surface area contributed by atoms with Crippen molar-refractivity contribution in [3.63, 3.8) is 0 Å². The van der Waals surface area contributed by atoms with Crippen LogP contribution in [0.4, 0.5) is 11.4 Å². The maximum Gasteiger partial charge on any atom is 0.107 e. The maximum absolute atomic E-state index is 9.19. The molecule has 0 saturated carbocycles. The highest BCUT2D eigenvalue weighted by Gasteiger charge is 2.27. The van der Waals surface area contributed by atoms with Gasteiger partial charge in [-0.3, -0.25) is 4.98 Å². The van der Waals surface area contributed by atoms with E-state index in [-0.39, 0.29) is 19.8 Å². The Morgan fingerprint density at radius 1 is 1.12 bits per heavy atom. The summed E-state index contributed by atoms with van der Waals surface area (Å²) in [7, 11) is 0. The maximum atomic E-state index is 9.19. The lowest BCUT2D eigenvalue weighted by Crippen LogP contribution is -2.49. The Bertz CT molecular complexity index is 334. The van der Waals surface area contributed by atoms with Gasteiger partial charge in [0.25, 0.3) is 0 Å². The van der Waals surface area contributed by atoms with E-state index >= 15 is 0 Å². The summed E-state index contributed by atoms with van der Waals surface area (Å²) in [6, 6.07) is 1.80. The van der Waals surface area contributed by atoms with Gasteiger partial charge in [0, 0.05) is 6.54 Å². The molecule has 1 rings (SSSR count). The number of hydrogen-bond acceptors (Lipinski definition) is 6. The Labute approximate surface area is 100 Å². The summed E-state index contributed by atoms with van der Waals surface area (Å²) in [6.07, 6.45) is 3.24. The van der Waals surface area contributed by atoms with E-state index in [0.717, 1.165) is 12.2 Å². The fourth-order valence-electron chi connectivity index (χ4n) is 1.38. The molecule has 96 valence electrons. The van der Waals surface area contributed by atoms with Crippen molar-refractivity contribution in [1.29, 1.82) is 0 Å². The van der Waals surface area contributed by atoms with Gasteiger partial charge in [-0.2, -0.15) is 0 Å². The smallest absolute Gasteiger partial charge is 0.107 e. The Kier molecular flexibility index (Phi) is 5.14. The van der Waals surface area contributed by atoms with Crippen molar-refractivity contribution in [2.24, 2.45) is 0 Å². The molecule has 0 unspecified atom stereocenters. The fourth-order valence-corrected chi connectivity index (χ4v) is 1.38. The molecule has 17 heavy (non-hydrogen) atoms. The third-order valence-electron chi connectivity index (χ3n) is 2.44. The van der Waals surface area contributed by atoms with Crippen molar-refractivity contribution in [2.75, 3.05) is 37.0 Å². The molecular weight excluding hydrogens is 222 g/mol. The summed E-state index contributed by atoms with van der Waals surface area (Å²) in [4.78, 5) is 4.02. The van der Waals surface area contributed by atoms with E-state index in [1.165, 1.54) is 0 Å². The second-order valence-corrected chi connectivity index (χ2v) is 3.87. The highest BCUT2D eigenvalue weighted by atomic mass is 16.3. The lowest BCUT2D eigenvalue weighted by atomic mass is 10.0. The van der Waals surface area contributed by atoms with Crippen LogP contribution >= 0.6 is 0 Å². The van der Waals surface area contributed by atoms with Gasteiger partial charge in [-0.15, -0.1) is 0 Å². The van der Waals surface area contributed by atoms with Crippen LogP contribution in [0.1, 0.15) is 6.92 Å². The average molecular weight is 241 g/mol. The topological polar surface area (TPSA) is 97.6 Å². The monoisotopic (exact) mass is 241 g/mol. The van der Waals surface area contributed by atoms with Crippen LogP contribution in [0.2, 0.25) is 0 Å². The zero-order valence-corrected chi connectivity index (χ0v) is 9.85. The largest absolute Gasteiger partial charge is 0.394 e. The minimum absolute atomic E-state index is 0.370. The van der Waals surface area contributed by atoms with Gasteiger partial charge >= 0.3 is 0 Å². The highest BCUT2D eigenvalue weighted by molar-refractivity contribution is 5.55. The van der Waals surface area contributed by atoms with E-state index in [9.17, 15) is 15.3 Å². The number of nitrogens with zero attached hydrogens (tertiary/aromatic N) is 1. The number of pyridine rings is 1. The molecule has 0 saturated heterocycles. The van der Waals surface area contributed by atoms with Crippen LogP contribution in [0.25, 0.3) is 0 Å². The van der Waals surface area contributed by atoms with Gasteiger partial charge in [0.2, 0.25) is 0 Å². The first-order valence-corrected chi connectivity index (χ1v) is 5.49. The van der Waals surface area contributed by atoms with Gasteiger partial charge < -0.3 is 26.0 Å². The molecule has 1 aromatic heterocycles. The highest BCUT2D eigenvalue weighted by Crippen LogP contribution is 2.17. The molecule has 0 fully saturated rings. The normalized spacial score (nSPS) is 11.3. The van der Waals surface area contributed by atoms with Crippen molar-refractivity contribution in [3.05, 3.63) is 18.5 Å². The summed E-state index contributed by atoms with van der Waals surface area (Å²) < 4.78 is 0. The summed E-state index contributed by atoms with van der Waals surface area (Å²) >= 11 is 0.